The zero-order chi connectivity index (χ0) is 14.7. The lowest BCUT2D eigenvalue weighted by atomic mass is 10.0. The van der Waals surface area contributed by atoms with Gasteiger partial charge in [-0.2, -0.15) is 5.10 Å². The van der Waals surface area contributed by atoms with E-state index in [-0.39, 0.29) is 5.78 Å². The van der Waals surface area contributed by atoms with Gasteiger partial charge in [-0.15, -0.1) is 0 Å². The number of halogens is 1. The van der Waals surface area contributed by atoms with E-state index in [4.69, 9.17) is 11.6 Å². The van der Waals surface area contributed by atoms with Crippen molar-refractivity contribution in [3.63, 3.8) is 0 Å². The maximum atomic E-state index is 12.2. The molecule has 0 bridgehead atoms. The van der Waals surface area contributed by atoms with Crippen LogP contribution in [0.1, 0.15) is 15.9 Å². The second-order valence-corrected chi connectivity index (χ2v) is 4.96. The molecule has 0 aliphatic carbocycles. The second-order valence-electron chi connectivity index (χ2n) is 4.55. The molecule has 5 nitrogen and oxygen atoms in total. The summed E-state index contributed by atoms with van der Waals surface area (Å²) in [4.78, 5) is 17.9. The largest absolute Gasteiger partial charge is 0.383 e. The lowest BCUT2D eigenvalue weighted by molar-refractivity contribution is 0.104. The molecular formula is C14H15ClN4O. The molecular weight excluding hydrogens is 276 g/mol. The van der Waals surface area contributed by atoms with Crippen LogP contribution >= 0.6 is 11.6 Å². The first-order valence-corrected chi connectivity index (χ1v) is 6.41. The summed E-state index contributed by atoms with van der Waals surface area (Å²) < 4.78 is 1.56. The molecule has 0 aliphatic rings. The standard InChI is InChI=1S/C14H15ClN4O/c1-10-11(13(20)6-7-18(2)3)4-5-12(15)14(10)19-9-16-8-17-19/h4-9H,1-3H3. The highest BCUT2D eigenvalue weighted by Crippen LogP contribution is 2.26. The number of ketones is 1. The van der Waals surface area contributed by atoms with Crippen LogP contribution in [0.15, 0.2) is 37.1 Å². The van der Waals surface area contributed by atoms with Gasteiger partial charge in [0, 0.05) is 31.9 Å². The molecule has 1 aromatic heterocycles. The minimum absolute atomic E-state index is 0.0748. The van der Waals surface area contributed by atoms with Crippen LogP contribution in [-0.2, 0) is 0 Å². The molecule has 0 N–H and O–H groups in total. The first-order chi connectivity index (χ1) is 9.50. The van der Waals surface area contributed by atoms with Gasteiger partial charge in [0.15, 0.2) is 5.78 Å². The highest BCUT2D eigenvalue weighted by atomic mass is 35.5. The Bertz CT molecular complexity index is 647. The number of hydrogen-bond donors (Lipinski definition) is 0. The van der Waals surface area contributed by atoms with Crippen LogP contribution < -0.4 is 0 Å². The van der Waals surface area contributed by atoms with Crippen molar-refractivity contribution in [2.45, 2.75) is 6.92 Å². The van der Waals surface area contributed by atoms with Crippen molar-refractivity contribution in [3.8, 4) is 5.69 Å². The number of allylic oxidation sites excluding steroid dienone is 1. The Morgan fingerprint density at radius 2 is 2.15 bits per heavy atom. The first kappa shape index (κ1) is 14.3. The van der Waals surface area contributed by atoms with E-state index in [9.17, 15) is 4.79 Å². The van der Waals surface area contributed by atoms with E-state index >= 15 is 0 Å². The van der Waals surface area contributed by atoms with E-state index < -0.39 is 0 Å². The number of carbonyl (C=O) groups excluding carboxylic acids is 1. The number of rotatable bonds is 4. The van der Waals surface area contributed by atoms with E-state index in [0.29, 0.717) is 16.3 Å². The van der Waals surface area contributed by atoms with E-state index in [1.807, 2.05) is 25.9 Å². The van der Waals surface area contributed by atoms with Crippen LogP contribution in [0.25, 0.3) is 5.69 Å². The monoisotopic (exact) mass is 290 g/mol. The Labute approximate surface area is 122 Å². The minimum atomic E-state index is -0.0748. The van der Waals surface area contributed by atoms with Gasteiger partial charge in [0.25, 0.3) is 0 Å². The predicted molar refractivity (Wildman–Crippen MR) is 78.3 cm³/mol. The smallest absolute Gasteiger partial charge is 0.187 e. The van der Waals surface area contributed by atoms with Crippen molar-refractivity contribution in [2.75, 3.05) is 14.1 Å². The van der Waals surface area contributed by atoms with Crippen molar-refractivity contribution < 1.29 is 4.79 Å². The zero-order valence-corrected chi connectivity index (χ0v) is 12.3. The van der Waals surface area contributed by atoms with Gasteiger partial charge < -0.3 is 4.90 Å². The van der Waals surface area contributed by atoms with Gasteiger partial charge in [-0.1, -0.05) is 11.6 Å². The van der Waals surface area contributed by atoms with Gasteiger partial charge in [-0.25, -0.2) is 9.67 Å². The molecule has 1 aromatic carbocycles. The highest BCUT2D eigenvalue weighted by Gasteiger charge is 2.14. The zero-order valence-electron chi connectivity index (χ0n) is 11.5. The number of aromatic nitrogens is 3. The molecule has 1 heterocycles. The van der Waals surface area contributed by atoms with Crippen molar-refractivity contribution in [1.29, 1.82) is 0 Å². The van der Waals surface area contributed by atoms with E-state index in [1.165, 1.54) is 12.4 Å². The third-order valence-electron chi connectivity index (χ3n) is 2.82. The van der Waals surface area contributed by atoms with E-state index in [0.717, 1.165) is 5.56 Å². The fourth-order valence-corrected chi connectivity index (χ4v) is 2.14. The van der Waals surface area contributed by atoms with Crippen molar-refractivity contribution in [1.82, 2.24) is 19.7 Å². The summed E-state index contributed by atoms with van der Waals surface area (Å²) >= 11 is 6.20. The first-order valence-electron chi connectivity index (χ1n) is 6.03. The second kappa shape index (κ2) is 5.88. The summed E-state index contributed by atoms with van der Waals surface area (Å²) in [6.45, 7) is 1.85. The Hall–Kier alpha value is -2.14. The lowest BCUT2D eigenvalue weighted by Gasteiger charge is -2.11. The Balaban J connectivity index is 2.47. The van der Waals surface area contributed by atoms with Gasteiger partial charge >= 0.3 is 0 Å². The molecule has 0 unspecified atom stereocenters. The Morgan fingerprint density at radius 3 is 2.75 bits per heavy atom. The van der Waals surface area contributed by atoms with Crippen LogP contribution in [0.4, 0.5) is 0 Å². The van der Waals surface area contributed by atoms with Crippen LogP contribution in [-0.4, -0.2) is 39.5 Å². The average Bonchev–Trinajstić information content (AvgIpc) is 2.90. The topological polar surface area (TPSA) is 51.0 Å². The van der Waals surface area contributed by atoms with E-state index in [1.54, 1.807) is 29.3 Å². The molecule has 2 rings (SSSR count). The number of benzene rings is 1. The molecule has 0 aliphatic heterocycles. The minimum Gasteiger partial charge on any atom is -0.383 e. The molecule has 104 valence electrons. The molecule has 0 fully saturated rings. The number of hydrogen-bond acceptors (Lipinski definition) is 4. The molecule has 0 atom stereocenters. The van der Waals surface area contributed by atoms with Crippen molar-refractivity contribution >= 4 is 17.4 Å². The summed E-state index contributed by atoms with van der Waals surface area (Å²) in [7, 11) is 3.72. The molecule has 0 spiro atoms. The molecule has 0 saturated heterocycles. The van der Waals surface area contributed by atoms with Crippen molar-refractivity contribution in [2.24, 2.45) is 0 Å². The summed E-state index contributed by atoms with van der Waals surface area (Å²) in [5.74, 6) is -0.0748. The van der Waals surface area contributed by atoms with Crippen LogP contribution in [0.2, 0.25) is 5.02 Å². The maximum Gasteiger partial charge on any atom is 0.187 e. The average molecular weight is 291 g/mol. The number of nitrogens with zero attached hydrogens (tertiary/aromatic N) is 4. The summed E-state index contributed by atoms with van der Waals surface area (Å²) in [6, 6.07) is 3.42. The third kappa shape index (κ3) is 2.88. The molecule has 0 amide bonds. The molecule has 2 aromatic rings. The fourth-order valence-electron chi connectivity index (χ4n) is 1.85. The van der Waals surface area contributed by atoms with Crippen LogP contribution in [0, 0.1) is 6.92 Å². The third-order valence-corrected chi connectivity index (χ3v) is 3.12. The normalized spacial score (nSPS) is 11.0. The maximum absolute atomic E-state index is 12.2. The van der Waals surface area contributed by atoms with Gasteiger partial charge in [-0.3, -0.25) is 4.79 Å². The summed E-state index contributed by atoms with van der Waals surface area (Å²) in [5, 5.41) is 4.60. The molecule has 20 heavy (non-hydrogen) atoms. The van der Waals surface area contributed by atoms with E-state index in [2.05, 4.69) is 10.1 Å². The van der Waals surface area contributed by atoms with Gasteiger partial charge in [0.05, 0.1) is 10.7 Å². The molecule has 6 heteroatoms. The summed E-state index contributed by atoms with van der Waals surface area (Å²) in [5.41, 5.74) is 2.04. The van der Waals surface area contributed by atoms with Gasteiger partial charge in [0.2, 0.25) is 0 Å². The van der Waals surface area contributed by atoms with Crippen LogP contribution in [0.5, 0.6) is 0 Å². The highest BCUT2D eigenvalue weighted by molar-refractivity contribution is 6.32. The fraction of sp³-hybridized carbons (Fsp3) is 0.214. The predicted octanol–water partition coefficient (Wildman–Crippen LogP) is 2.49. The Kier molecular flexibility index (Phi) is 4.20. The lowest BCUT2D eigenvalue weighted by Crippen LogP contribution is -2.07. The number of carbonyl (C=O) groups is 1. The quantitative estimate of drug-likeness (QED) is 0.641. The van der Waals surface area contributed by atoms with Crippen LogP contribution in [0.3, 0.4) is 0 Å². The molecule has 0 radical (unpaired) electrons. The SMILES string of the molecule is Cc1c(C(=O)C=CN(C)C)ccc(Cl)c1-n1cncn1. The van der Waals surface area contributed by atoms with Gasteiger partial charge in [0.1, 0.15) is 12.7 Å². The Morgan fingerprint density at radius 1 is 1.40 bits per heavy atom. The van der Waals surface area contributed by atoms with Crippen molar-refractivity contribution in [3.05, 3.63) is 53.2 Å². The molecule has 0 saturated carbocycles. The van der Waals surface area contributed by atoms with Gasteiger partial charge in [-0.05, 0) is 24.6 Å². The summed E-state index contributed by atoms with van der Waals surface area (Å²) in [6.07, 6.45) is 6.22.